The Kier molecular flexibility index (Phi) is 5.00. The van der Waals surface area contributed by atoms with Crippen molar-refractivity contribution in [1.82, 2.24) is 5.32 Å². The number of rotatable bonds is 3. The molecule has 20 heavy (non-hydrogen) atoms. The summed E-state index contributed by atoms with van der Waals surface area (Å²) in [7, 11) is 1.36. The van der Waals surface area contributed by atoms with E-state index in [-0.39, 0.29) is 31.9 Å². The van der Waals surface area contributed by atoms with Crippen molar-refractivity contribution < 1.29 is 13.2 Å². The quantitative estimate of drug-likeness (QED) is 0.786. The Bertz CT molecular complexity index is 642. The number of amides is 1. The van der Waals surface area contributed by atoms with Crippen LogP contribution in [0.5, 0.6) is 0 Å². The first-order valence-electron chi connectivity index (χ1n) is 6.03. The van der Waals surface area contributed by atoms with Crippen molar-refractivity contribution in [3.05, 3.63) is 27.2 Å². The maximum atomic E-state index is 12.1. The van der Waals surface area contributed by atoms with Gasteiger partial charge in [0.15, 0.2) is 0 Å². The topological polar surface area (TPSA) is 63.2 Å². The minimum Gasteiger partial charge on any atom is -0.349 e. The molecule has 0 bridgehead atoms. The summed E-state index contributed by atoms with van der Waals surface area (Å²) in [5.74, 6) is -0.340. The Balaban J connectivity index is 2.32. The molecule has 0 aliphatic heterocycles. The maximum absolute atomic E-state index is 12.1. The van der Waals surface area contributed by atoms with Crippen LogP contribution in [0, 0.1) is 0 Å². The van der Waals surface area contributed by atoms with Gasteiger partial charge in [-0.05, 0) is 40.9 Å². The van der Waals surface area contributed by atoms with Gasteiger partial charge in [-0.2, -0.15) is 0 Å². The van der Waals surface area contributed by atoms with Crippen LogP contribution in [0.15, 0.2) is 21.5 Å². The molecule has 1 aromatic rings. The average Bonchev–Trinajstić information content (AvgIpc) is 2.83. The monoisotopic (exact) mass is 399 g/mol. The first kappa shape index (κ1) is 16.1. The highest BCUT2D eigenvalue weighted by Crippen LogP contribution is 2.33. The molecule has 2 rings (SSSR count). The van der Waals surface area contributed by atoms with E-state index in [0.717, 1.165) is 25.7 Å². The van der Waals surface area contributed by atoms with Crippen molar-refractivity contribution in [2.75, 3.05) is 0 Å². The lowest BCUT2D eigenvalue weighted by Crippen LogP contribution is -2.32. The Hall–Kier alpha value is -0.300. The fourth-order valence-corrected chi connectivity index (χ4v) is 4.59. The molecule has 0 aromatic heterocycles. The van der Waals surface area contributed by atoms with Crippen LogP contribution in [0.1, 0.15) is 36.0 Å². The van der Waals surface area contributed by atoms with Crippen LogP contribution in [0.4, 0.5) is 0 Å². The zero-order valence-electron chi connectivity index (χ0n) is 10.3. The third-order valence-corrected chi connectivity index (χ3v) is 6.20. The molecule has 0 atom stereocenters. The molecule has 110 valence electrons. The fourth-order valence-electron chi connectivity index (χ4n) is 2.21. The van der Waals surface area contributed by atoms with Crippen molar-refractivity contribution in [1.29, 1.82) is 0 Å². The predicted octanol–water partition coefficient (Wildman–Crippen LogP) is 3.70. The van der Waals surface area contributed by atoms with Gasteiger partial charge in [-0.1, -0.05) is 24.4 Å². The molecule has 1 fully saturated rings. The number of halogens is 3. The fraction of sp³-hybridized carbons (Fsp3) is 0.417. The van der Waals surface area contributed by atoms with Crippen molar-refractivity contribution in [2.24, 2.45) is 0 Å². The molecule has 1 amide bonds. The SMILES string of the molecule is O=C(NC1CCCC1)c1cc(Cl)c(Br)c(S(=O)(=O)Cl)c1. The van der Waals surface area contributed by atoms with Gasteiger partial charge in [-0.15, -0.1) is 0 Å². The number of carbonyl (C=O) groups is 1. The first-order valence-corrected chi connectivity index (χ1v) is 9.51. The molecule has 0 radical (unpaired) electrons. The smallest absolute Gasteiger partial charge is 0.262 e. The third kappa shape index (κ3) is 3.67. The molecule has 8 heteroatoms. The first-order chi connectivity index (χ1) is 9.29. The largest absolute Gasteiger partial charge is 0.349 e. The molecular weight excluding hydrogens is 389 g/mol. The summed E-state index contributed by atoms with van der Waals surface area (Å²) in [4.78, 5) is 11.9. The van der Waals surface area contributed by atoms with Gasteiger partial charge in [0.05, 0.1) is 14.4 Å². The van der Waals surface area contributed by atoms with Crippen LogP contribution >= 0.6 is 38.2 Å². The van der Waals surface area contributed by atoms with Crippen LogP contribution in [-0.4, -0.2) is 20.4 Å². The van der Waals surface area contributed by atoms with Crippen LogP contribution in [0.25, 0.3) is 0 Å². The second-order valence-corrected chi connectivity index (χ2v) is 8.40. The van der Waals surface area contributed by atoms with Crippen molar-refractivity contribution in [3.63, 3.8) is 0 Å². The number of nitrogens with one attached hydrogen (secondary N) is 1. The lowest BCUT2D eigenvalue weighted by Gasteiger charge is -2.13. The van der Waals surface area contributed by atoms with E-state index in [2.05, 4.69) is 21.2 Å². The lowest BCUT2D eigenvalue weighted by molar-refractivity contribution is 0.0937. The molecule has 1 aliphatic rings. The van der Waals surface area contributed by atoms with E-state index in [9.17, 15) is 13.2 Å². The minimum absolute atomic E-state index is 0.128. The maximum Gasteiger partial charge on any atom is 0.262 e. The molecule has 0 spiro atoms. The molecule has 1 aromatic carbocycles. The molecule has 0 unspecified atom stereocenters. The summed E-state index contributed by atoms with van der Waals surface area (Å²) >= 11 is 9.00. The highest BCUT2D eigenvalue weighted by molar-refractivity contribution is 9.10. The van der Waals surface area contributed by atoms with Gasteiger partial charge in [0.2, 0.25) is 0 Å². The standard InChI is InChI=1S/C12H12BrCl2NO3S/c13-11-9(14)5-7(6-10(11)20(15,18)19)12(17)16-8-3-1-2-4-8/h5-6,8H,1-4H2,(H,16,17). The molecular formula is C12H12BrCl2NO3S. The van der Waals surface area contributed by atoms with E-state index in [1.165, 1.54) is 12.1 Å². The molecule has 1 saturated carbocycles. The Morgan fingerprint density at radius 3 is 2.45 bits per heavy atom. The van der Waals surface area contributed by atoms with E-state index in [0.29, 0.717) is 0 Å². The zero-order valence-corrected chi connectivity index (χ0v) is 14.2. The molecule has 1 aliphatic carbocycles. The van der Waals surface area contributed by atoms with Gasteiger partial charge in [0, 0.05) is 22.3 Å². The summed E-state index contributed by atoms with van der Waals surface area (Å²) in [6, 6.07) is 2.78. The third-order valence-electron chi connectivity index (χ3n) is 3.21. The Labute approximate surface area is 135 Å². The van der Waals surface area contributed by atoms with Crippen molar-refractivity contribution in [2.45, 2.75) is 36.6 Å². The summed E-state index contributed by atoms with van der Waals surface area (Å²) in [6.07, 6.45) is 4.06. The van der Waals surface area contributed by atoms with Crippen LogP contribution < -0.4 is 5.32 Å². The van der Waals surface area contributed by atoms with E-state index in [4.69, 9.17) is 22.3 Å². The van der Waals surface area contributed by atoms with Crippen LogP contribution in [0.2, 0.25) is 5.02 Å². The highest BCUT2D eigenvalue weighted by atomic mass is 79.9. The summed E-state index contributed by atoms with van der Waals surface area (Å²) in [5.41, 5.74) is 0.185. The summed E-state index contributed by atoms with van der Waals surface area (Å²) in [6.45, 7) is 0. The van der Waals surface area contributed by atoms with E-state index in [1.54, 1.807) is 0 Å². The molecule has 0 saturated heterocycles. The predicted molar refractivity (Wildman–Crippen MR) is 81.9 cm³/mol. The van der Waals surface area contributed by atoms with Gasteiger partial charge >= 0.3 is 0 Å². The zero-order chi connectivity index (χ0) is 14.9. The minimum atomic E-state index is -3.98. The normalized spacial score (nSPS) is 16.4. The van der Waals surface area contributed by atoms with Gasteiger partial charge in [-0.25, -0.2) is 8.42 Å². The van der Waals surface area contributed by atoms with Crippen LogP contribution in [0.3, 0.4) is 0 Å². The van der Waals surface area contributed by atoms with E-state index in [1.807, 2.05) is 0 Å². The van der Waals surface area contributed by atoms with Crippen LogP contribution in [-0.2, 0) is 9.05 Å². The number of benzene rings is 1. The Morgan fingerprint density at radius 2 is 1.90 bits per heavy atom. The summed E-state index contributed by atoms with van der Waals surface area (Å²) in [5, 5.41) is 3.00. The average molecular weight is 401 g/mol. The van der Waals surface area contributed by atoms with E-state index >= 15 is 0 Å². The highest BCUT2D eigenvalue weighted by Gasteiger charge is 2.22. The second-order valence-electron chi connectivity index (χ2n) is 4.66. The van der Waals surface area contributed by atoms with Gasteiger partial charge in [0.1, 0.15) is 0 Å². The number of hydrogen-bond donors (Lipinski definition) is 1. The molecule has 0 heterocycles. The second kappa shape index (κ2) is 6.22. The van der Waals surface area contributed by atoms with Gasteiger partial charge in [-0.3, -0.25) is 4.79 Å². The molecule has 1 N–H and O–H groups in total. The van der Waals surface area contributed by atoms with Gasteiger partial charge in [0.25, 0.3) is 15.0 Å². The summed E-state index contributed by atoms with van der Waals surface area (Å²) < 4.78 is 23.1. The van der Waals surface area contributed by atoms with Crippen molar-refractivity contribution in [3.8, 4) is 0 Å². The lowest BCUT2D eigenvalue weighted by atomic mass is 10.2. The van der Waals surface area contributed by atoms with Crippen molar-refractivity contribution >= 4 is 53.2 Å². The van der Waals surface area contributed by atoms with Gasteiger partial charge < -0.3 is 5.32 Å². The number of carbonyl (C=O) groups excluding carboxylic acids is 1. The Morgan fingerprint density at radius 1 is 1.30 bits per heavy atom. The number of hydrogen-bond acceptors (Lipinski definition) is 3. The van der Waals surface area contributed by atoms with E-state index < -0.39 is 9.05 Å². The molecule has 4 nitrogen and oxygen atoms in total.